The SMILES string of the molecule is Cc1ccc(N2C(=O)CC(CN)C2(C)C)c(C)c1. The summed E-state index contributed by atoms with van der Waals surface area (Å²) in [7, 11) is 0. The van der Waals surface area contributed by atoms with Gasteiger partial charge in [-0.15, -0.1) is 0 Å². The van der Waals surface area contributed by atoms with Crippen molar-refractivity contribution in [1.82, 2.24) is 0 Å². The van der Waals surface area contributed by atoms with E-state index in [-0.39, 0.29) is 17.4 Å². The van der Waals surface area contributed by atoms with Crippen LogP contribution in [0, 0.1) is 19.8 Å². The second kappa shape index (κ2) is 4.39. The van der Waals surface area contributed by atoms with Crippen LogP contribution in [0.5, 0.6) is 0 Å². The van der Waals surface area contributed by atoms with Crippen molar-refractivity contribution in [1.29, 1.82) is 0 Å². The van der Waals surface area contributed by atoms with Crippen molar-refractivity contribution >= 4 is 11.6 Å². The molecule has 2 N–H and O–H groups in total. The molecule has 1 aromatic carbocycles. The van der Waals surface area contributed by atoms with E-state index >= 15 is 0 Å². The average Bonchev–Trinajstić information content (AvgIpc) is 2.50. The van der Waals surface area contributed by atoms with Crippen LogP contribution in [0.25, 0.3) is 0 Å². The summed E-state index contributed by atoms with van der Waals surface area (Å²) in [5.41, 5.74) is 8.98. The van der Waals surface area contributed by atoms with E-state index in [4.69, 9.17) is 5.73 Å². The fourth-order valence-corrected chi connectivity index (χ4v) is 2.93. The Kier molecular flexibility index (Phi) is 3.20. The molecule has 18 heavy (non-hydrogen) atoms. The Morgan fingerprint density at radius 2 is 2.06 bits per heavy atom. The monoisotopic (exact) mass is 246 g/mol. The number of hydrogen-bond donors (Lipinski definition) is 1. The molecule has 1 aliphatic rings. The largest absolute Gasteiger partial charge is 0.330 e. The number of anilines is 1. The van der Waals surface area contributed by atoms with Crippen molar-refractivity contribution in [2.24, 2.45) is 11.7 Å². The van der Waals surface area contributed by atoms with E-state index in [9.17, 15) is 4.79 Å². The van der Waals surface area contributed by atoms with Crippen LogP contribution in [-0.2, 0) is 4.79 Å². The first-order chi connectivity index (χ1) is 8.37. The summed E-state index contributed by atoms with van der Waals surface area (Å²) < 4.78 is 0. The number of hydrogen-bond acceptors (Lipinski definition) is 2. The third kappa shape index (κ3) is 1.93. The van der Waals surface area contributed by atoms with Gasteiger partial charge in [-0.1, -0.05) is 17.7 Å². The van der Waals surface area contributed by atoms with Gasteiger partial charge in [0.05, 0.1) is 0 Å². The van der Waals surface area contributed by atoms with Crippen LogP contribution in [0.3, 0.4) is 0 Å². The van der Waals surface area contributed by atoms with Crippen molar-refractivity contribution in [2.45, 2.75) is 39.7 Å². The van der Waals surface area contributed by atoms with Gasteiger partial charge in [-0.3, -0.25) is 4.79 Å². The quantitative estimate of drug-likeness (QED) is 0.871. The van der Waals surface area contributed by atoms with Crippen molar-refractivity contribution in [2.75, 3.05) is 11.4 Å². The van der Waals surface area contributed by atoms with Crippen LogP contribution < -0.4 is 10.6 Å². The first-order valence-electron chi connectivity index (χ1n) is 6.48. The van der Waals surface area contributed by atoms with E-state index in [0.717, 1.165) is 11.3 Å². The highest BCUT2D eigenvalue weighted by Gasteiger charge is 2.46. The number of nitrogens with two attached hydrogens (primary N) is 1. The molecule has 0 saturated carbocycles. The van der Waals surface area contributed by atoms with Gasteiger partial charge in [-0.05, 0) is 45.9 Å². The maximum Gasteiger partial charge on any atom is 0.227 e. The van der Waals surface area contributed by atoms with Crippen LogP contribution in [0.15, 0.2) is 18.2 Å². The molecule has 1 aromatic rings. The first kappa shape index (κ1) is 13.1. The molecule has 1 saturated heterocycles. The number of carbonyl (C=O) groups is 1. The maximum atomic E-state index is 12.3. The lowest BCUT2D eigenvalue weighted by molar-refractivity contribution is -0.117. The normalized spacial score (nSPS) is 22.6. The van der Waals surface area contributed by atoms with Gasteiger partial charge in [-0.2, -0.15) is 0 Å². The van der Waals surface area contributed by atoms with Crippen molar-refractivity contribution in [3.8, 4) is 0 Å². The molecule has 1 heterocycles. The van der Waals surface area contributed by atoms with E-state index in [1.54, 1.807) is 0 Å². The van der Waals surface area contributed by atoms with Crippen molar-refractivity contribution in [3.63, 3.8) is 0 Å². The molecule has 0 aromatic heterocycles. The number of carbonyl (C=O) groups excluding carboxylic acids is 1. The fraction of sp³-hybridized carbons (Fsp3) is 0.533. The van der Waals surface area contributed by atoms with Gasteiger partial charge in [0.2, 0.25) is 5.91 Å². The first-order valence-corrected chi connectivity index (χ1v) is 6.48. The Balaban J connectivity index is 2.46. The van der Waals surface area contributed by atoms with Gasteiger partial charge in [0, 0.05) is 23.6 Å². The van der Waals surface area contributed by atoms with Gasteiger partial charge in [-0.25, -0.2) is 0 Å². The van der Waals surface area contributed by atoms with Crippen LogP contribution in [-0.4, -0.2) is 18.0 Å². The summed E-state index contributed by atoms with van der Waals surface area (Å²) in [5, 5.41) is 0. The van der Waals surface area contributed by atoms with Crippen LogP contribution in [0.2, 0.25) is 0 Å². The Bertz CT molecular complexity index is 479. The van der Waals surface area contributed by atoms with E-state index in [1.165, 1.54) is 5.56 Å². The number of benzene rings is 1. The second-order valence-electron chi connectivity index (χ2n) is 5.81. The van der Waals surface area contributed by atoms with Crippen LogP contribution in [0.1, 0.15) is 31.4 Å². The van der Waals surface area contributed by atoms with E-state index in [0.29, 0.717) is 13.0 Å². The molecule has 1 fully saturated rings. The number of nitrogens with zero attached hydrogens (tertiary/aromatic N) is 1. The summed E-state index contributed by atoms with van der Waals surface area (Å²) >= 11 is 0. The van der Waals surface area contributed by atoms with E-state index in [1.807, 2.05) is 11.0 Å². The predicted octanol–water partition coefficient (Wildman–Crippen LogP) is 2.39. The molecule has 0 radical (unpaired) electrons. The molecular weight excluding hydrogens is 224 g/mol. The zero-order chi connectivity index (χ0) is 13.5. The average molecular weight is 246 g/mol. The minimum Gasteiger partial charge on any atom is -0.330 e. The van der Waals surface area contributed by atoms with Gasteiger partial charge in [0.25, 0.3) is 0 Å². The zero-order valence-electron chi connectivity index (χ0n) is 11.7. The molecule has 0 bridgehead atoms. The molecule has 1 atom stereocenters. The minimum absolute atomic E-state index is 0.183. The zero-order valence-corrected chi connectivity index (χ0v) is 11.7. The highest BCUT2D eigenvalue weighted by atomic mass is 16.2. The topological polar surface area (TPSA) is 46.3 Å². The molecule has 3 nitrogen and oxygen atoms in total. The molecule has 1 aliphatic heterocycles. The lowest BCUT2D eigenvalue weighted by Gasteiger charge is -2.36. The number of amides is 1. The molecule has 3 heteroatoms. The van der Waals surface area contributed by atoms with Crippen molar-refractivity contribution in [3.05, 3.63) is 29.3 Å². The Morgan fingerprint density at radius 3 is 2.56 bits per heavy atom. The Labute approximate surface area is 109 Å². The van der Waals surface area contributed by atoms with E-state index < -0.39 is 0 Å². The number of rotatable bonds is 2. The molecular formula is C15H22N2O. The van der Waals surface area contributed by atoms with Crippen molar-refractivity contribution < 1.29 is 4.79 Å². The molecule has 1 unspecified atom stereocenters. The Hall–Kier alpha value is -1.35. The summed E-state index contributed by atoms with van der Waals surface area (Å²) in [4.78, 5) is 14.2. The fourth-order valence-electron chi connectivity index (χ4n) is 2.93. The summed E-state index contributed by atoms with van der Waals surface area (Å²) in [6, 6.07) is 6.22. The van der Waals surface area contributed by atoms with Crippen LogP contribution in [0.4, 0.5) is 5.69 Å². The standard InChI is InChI=1S/C15H22N2O/c1-10-5-6-13(11(2)7-10)17-14(18)8-12(9-16)15(17,3)4/h5-7,12H,8-9,16H2,1-4H3. The molecule has 0 aliphatic carbocycles. The number of aryl methyl sites for hydroxylation is 2. The van der Waals surface area contributed by atoms with E-state index in [2.05, 4.69) is 39.8 Å². The van der Waals surface area contributed by atoms with Gasteiger partial charge >= 0.3 is 0 Å². The Morgan fingerprint density at radius 1 is 1.39 bits per heavy atom. The summed E-state index contributed by atoms with van der Waals surface area (Å²) in [5.74, 6) is 0.410. The van der Waals surface area contributed by atoms with Crippen LogP contribution >= 0.6 is 0 Å². The molecule has 98 valence electrons. The molecule has 2 rings (SSSR count). The smallest absolute Gasteiger partial charge is 0.227 e. The highest BCUT2D eigenvalue weighted by Crippen LogP contribution is 2.39. The highest BCUT2D eigenvalue weighted by molar-refractivity contribution is 5.98. The lowest BCUT2D eigenvalue weighted by atomic mass is 9.88. The van der Waals surface area contributed by atoms with Gasteiger partial charge in [0.1, 0.15) is 0 Å². The van der Waals surface area contributed by atoms with Gasteiger partial charge < -0.3 is 10.6 Å². The maximum absolute atomic E-state index is 12.3. The van der Waals surface area contributed by atoms with Gasteiger partial charge in [0.15, 0.2) is 0 Å². The molecule has 0 spiro atoms. The third-order valence-corrected chi connectivity index (χ3v) is 4.12. The predicted molar refractivity (Wildman–Crippen MR) is 74.6 cm³/mol. The lowest BCUT2D eigenvalue weighted by Crippen LogP contribution is -2.46. The summed E-state index contributed by atoms with van der Waals surface area (Å²) in [6.45, 7) is 8.89. The second-order valence-corrected chi connectivity index (χ2v) is 5.81. The molecule has 1 amide bonds. The summed E-state index contributed by atoms with van der Waals surface area (Å²) in [6.07, 6.45) is 0.552. The third-order valence-electron chi connectivity index (χ3n) is 4.12. The minimum atomic E-state index is -0.203.